The second kappa shape index (κ2) is 4.75. The van der Waals surface area contributed by atoms with Crippen molar-refractivity contribution in [2.75, 3.05) is 20.0 Å². The summed E-state index contributed by atoms with van der Waals surface area (Å²) in [7, 11) is -1.87. The van der Waals surface area contributed by atoms with Gasteiger partial charge in [-0.3, -0.25) is 0 Å². The van der Waals surface area contributed by atoms with Gasteiger partial charge in [-0.2, -0.15) is 0 Å². The zero-order valence-corrected chi connectivity index (χ0v) is 9.57. The van der Waals surface area contributed by atoms with Crippen molar-refractivity contribution >= 4 is 10.0 Å². The van der Waals surface area contributed by atoms with Crippen molar-refractivity contribution in [3.8, 4) is 0 Å². The van der Waals surface area contributed by atoms with E-state index in [0.29, 0.717) is 13.0 Å². The Morgan fingerprint density at radius 3 is 2.47 bits per heavy atom. The van der Waals surface area contributed by atoms with Crippen molar-refractivity contribution in [2.24, 2.45) is 5.92 Å². The number of hydrogen-bond donors (Lipinski definition) is 3. The predicted octanol–water partition coefficient (Wildman–Crippen LogP) is -1.71. The fourth-order valence-electron chi connectivity index (χ4n) is 1.90. The molecule has 1 aliphatic rings. The Kier molecular flexibility index (Phi) is 4.07. The first-order valence-electron chi connectivity index (χ1n) is 4.67. The third-order valence-corrected chi connectivity index (χ3v) is 3.28. The van der Waals surface area contributed by atoms with E-state index < -0.39 is 28.3 Å². The minimum absolute atomic E-state index is 0.232. The van der Waals surface area contributed by atoms with Gasteiger partial charge in [0.2, 0.25) is 10.0 Å². The summed E-state index contributed by atoms with van der Waals surface area (Å²) in [5.74, 6) is -0.232. The second-order valence-electron chi connectivity index (χ2n) is 3.93. The summed E-state index contributed by atoms with van der Waals surface area (Å²) >= 11 is 0. The molecule has 0 aromatic rings. The van der Waals surface area contributed by atoms with Gasteiger partial charge in [-0.05, 0) is 6.42 Å². The zero-order valence-electron chi connectivity index (χ0n) is 8.75. The van der Waals surface area contributed by atoms with Crippen LogP contribution in [0.25, 0.3) is 0 Å². The zero-order chi connectivity index (χ0) is 11.6. The molecule has 0 amide bonds. The highest BCUT2D eigenvalue weighted by Crippen LogP contribution is 2.27. The first-order valence-corrected chi connectivity index (χ1v) is 6.56. The fraction of sp³-hybridized carbons (Fsp3) is 1.00. The van der Waals surface area contributed by atoms with Crippen LogP contribution in [0.4, 0.5) is 0 Å². The molecule has 1 aliphatic carbocycles. The van der Waals surface area contributed by atoms with Gasteiger partial charge in [0.05, 0.1) is 31.1 Å². The van der Waals surface area contributed by atoms with E-state index in [-0.39, 0.29) is 5.92 Å². The van der Waals surface area contributed by atoms with Gasteiger partial charge in [-0.25, -0.2) is 13.1 Å². The Morgan fingerprint density at radius 2 is 2.00 bits per heavy atom. The van der Waals surface area contributed by atoms with E-state index >= 15 is 0 Å². The molecule has 0 unspecified atom stereocenters. The van der Waals surface area contributed by atoms with E-state index in [0.717, 1.165) is 6.26 Å². The number of aliphatic hydroxyl groups excluding tert-OH is 2. The molecular formula is C8H17NO5S. The second-order valence-corrected chi connectivity index (χ2v) is 5.71. The molecule has 3 N–H and O–H groups in total. The van der Waals surface area contributed by atoms with E-state index in [1.165, 1.54) is 7.11 Å². The third kappa shape index (κ3) is 3.39. The molecule has 0 radical (unpaired) electrons. The van der Waals surface area contributed by atoms with Crippen molar-refractivity contribution in [3.05, 3.63) is 0 Å². The molecule has 15 heavy (non-hydrogen) atoms. The SMILES string of the molecule is COC[C@H]1C[C@@H](NS(C)(=O)=O)[C@H](O)[C@@H]1O. The van der Waals surface area contributed by atoms with Crippen LogP contribution in [0.15, 0.2) is 0 Å². The summed E-state index contributed by atoms with van der Waals surface area (Å²) in [5.41, 5.74) is 0. The van der Waals surface area contributed by atoms with Crippen LogP contribution in [-0.2, 0) is 14.8 Å². The van der Waals surface area contributed by atoms with Gasteiger partial charge in [-0.1, -0.05) is 0 Å². The van der Waals surface area contributed by atoms with Crippen LogP contribution in [0.3, 0.4) is 0 Å². The molecule has 0 aliphatic heterocycles. The lowest BCUT2D eigenvalue weighted by atomic mass is 10.1. The first-order chi connectivity index (χ1) is 6.85. The maximum atomic E-state index is 11.0. The molecule has 0 spiro atoms. The number of hydrogen-bond acceptors (Lipinski definition) is 5. The molecule has 6 nitrogen and oxygen atoms in total. The summed E-state index contributed by atoms with van der Waals surface area (Å²) in [6.07, 6.45) is -0.608. The van der Waals surface area contributed by atoms with Crippen molar-refractivity contribution in [3.63, 3.8) is 0 Å². The highest BCUT2D eigenvalue weighted by molar-refractivity contribution is 7.88. The monoisotopic (exact) mass is 239 g/mol. The summed E-state index contributed by atoms with van der Waals surface area (Å²) < 4.78 is 29.1. The molecule has 0 aromatic heterocycles. The van der Waals surface area contributed by atoms with Crippen LogP contribution in [0, 0.1) is 5.92 Å². The van der Waals surface area contributed by atoms with Gasteiger partial charge >= 0.3 is 0 Å². The molecule has 90 valence electrons. The molecule has 1 rings (SSSR count). The number of aliphatic hydroxyl groups is 2. The van der Waals surface area contributed by atoms with Crippen molar-refractivity contribution in [1.29, 1.82) is 0 Å². The summed E-state index contributed by atoms with van der Waals surface area (Å²) in [5, 5.41) is 19.2. The third-order valence-electron chi connectivity index (χ3n) is 2.55. The average Bonchev–Trinajstić information content (AvgIpc) is 2.32. The van der Waals surface area contributed by atoms with Gasteiger partial charge in [0.25, 0.3) is 0 Å². The average molecular weight is 239 g/mol. The van der Waals surface area contributed by atoms with Crippen LogP contribution < -0.4 is 4.72 Å². The number of nitrogens with one attached hydrogen (secondary N) is 1. The Morgan fingerprint density at radius 1 is 1.40 bits per heavy atom. The largest absolute Gasteiger partial charge is 0.390 e. The molecule has 0 aromatic carbocycles. The minimum atomic E-state index is -3.36. The Hall–Kier alpha value is -0.210. The maximum absolute atomic E-state index is 11.0. The number of rotatable bonds is 4. The molecule has 0 saturated heterocycles. The van der Waals surface area contributed by atoms with Crippen molar-refractivity contribution < 1.29 is 23.4 Å². The minimum Gasteiger partial charge on any atom is -0.390 e. The summed E-state index contributed by atoms with van der Waals surface area (Å²) in [4.78, 5) is 0. The predicted molar refractivity (Wildman–Crippen MR) is 53.8 cm³/mol. The van der Waals surface area contributed by atoms with Gasteiger partial charge < -0.3 is 14.9 Å². The first kappa shape index (κ1) is 12.9. The smallest absolute Gasteiger partial charge is 0.209 e. The lowest BCUT2D eigenvalue weighted by molar-refractivity contribution is -0.00424. The molecular weight excluding hydrogens is 222 g/mol. The molecule has 7 heteroatoms. The summed E-state index contributed by atoms with van der Waals surface area (Å²) in [6.45, 7) is 0.306. The Labute approximate surface area is 89.3 Å². The topological polar surface area (TPSA) is 95.9 Å². The van der Waals surface area contributed by atoms with E-state index in [4.69, 9.17) is 4.74 Å². The number of methoxy groups -OCH3 is 1. The maximum Gasteiger partial charge on any atom is 0.209 e. The molecule has 4 atom stereocenters. The van der Waals surface area contributed by atoms with Gasteiger partial charge in [0.1, 0.15) is 0 Å². The Bertz CT molecular complexity index is 304. The van der Waals surface area contributed by atoms with Crippen LogP contribution in [0.2, 0.25) is 0 Å². The van der Waals surface area contributed by atoms with Crippen molar-refractivity contribution in [1.82, 2.24) is 4.72 Å². The lowest BCUT2D eigenvalue weighted by Crippen LogP contribution is -2.42. The molecule has 1 saturated carbocycles. The van der Waals surface area contributed by atoms with Gasteiger partial charge in [0, 0.05) is 13.0 Å². The van der Waals surface area contributed by atoms with Crippen LogP contribution in [-0.4, -0.2) is 56.9 Å². The highest BCUT2D eigenvalue weighted by Gasteiger charge is 2.42. The number of sulfonamides is 1. The molecule has 0 bridgehead atoms. The summed E-state index contributed by atoms with van der Waals surface area (Å²) in [6, 6.07) is -0.629. The standard InChI is InChI=1S/C8H17NO5S/c1-14-4-5-3-6(8(11)7(5)10)9-15(2,12)13/h5-11H,3-4H2,1-2H3/t5-,6-,7-,8+/m1/s1. The van der Waals surface area contributed by atoms with Crippen LogP contribution in [0.1, 0.15) is 6.42 Å². The van der Waals surface area contributed by atoms with E-state index in [9.17, 15) is 18.6 Å². The lowest BCUT2D eigenvalue weighted by Gasteiger charge is -2.16. The highest BCUT2D eigenvalue weighted by atomic mass is 32.2. The van der Waals surface area contributed by atoms with E-state index in [1.54, 1.807) is 0 Å². The Balaban J connectivity index is 2.63. The quantitative estimate of drug-likeness (QED) is 0.543. The molecule has 1 fully saturated rings. The van der Waals surface area contributed by atoms with E-state index in [2.05, 4.69) is 4.72 Å². The van der Waals surface area contributed by atoms with E-state index in [1.807, 2.05) is 0 Å². The number of ether oxygens (including phenoxy) is 1. The van der Waals surface area contributed by atoms with Gasteiger partial charge in [0.15, 0.2) is 0 Å². The molecule has 0 heterocycles. The van der Waals surface area contributed by atoms with Crippen LogP contribution >= 0.6 is 0 Å². The van der Waals surface area contributed by atoms with Crippen molar-refractivity contribution in [2.45, 2.75) is 24.7 Å². The van der Waals surface area contributed by atoms with Crippen LogP contribution in [0.5, 0.6) is 0 Å². The normalized spacial score (nSPS) is 37.1. The fourth-order valence-corrected chi connectivity index (χ4v) is 2.68. The van der Waals surface area contributed by atoms with Gasteiger partial charge in [-0.15, -0.1) is 0 Å².